The third-order valence-corrected chi connectivity index (χ3v) is 2.30. The first-order valence-electron chi connectivity index (χ1n) is 5.09. The molecule has 5 nitrogen and oxygen atoms in total. The highest BCUT2D eigenvalue weighted by Crippen LogP contribution is 2.07. The lowest BCUT2D eigenvalue weighted by Gasteiger charge is -2.22. The zero-order chi connectivity index (χ0) is 10.5. The van der Waals surface area contributed by atoms with E-state index in [2.05, 4.69) is 15.6 Å². The topological polar surface area (TPSA) is 66.2 Å². The summed E-state index contributed by atoms with van der Waals surface area (Å²) < 4.78 is 5.44. The van der Waals surface area contributed by atoms with Crippen molar-refractivity contribution in [2.24, 2.45) is 0 Å². The fourth-order valence-electron chi connectivity index (χ4n) is 1.57. The van der Waals surface area contributed by atoms with E-state index in [0.29, 0.717) is 13.0 Å². The Kier molecular flexibility index (Phi) is 3.37. The Morgan fingerprint density at radius 3 is 3.27 bits per heavy atom. The molecule has 1 aromatic rings. The Bertz CT molecular complexity index is 304. The number of ether oxygens (including phenoxy) is 1. The number of hydrogen-bond acceptors (Lipinski definition) is 3. The highest BCUT2D eigenvalue weighted by Gasteiger charge is 2.17. The van der Waals surface area contributed by atoms with Gasteiger partial charge in [-0.3, -0.25) is 4.79 Å². The molecule has 1 aliphatic heterocycles. The second-order valence-corrected chi connectivity index (χ2v) is 3.55. The van der Waals surface area contributed by atoms with Crippen molar-refractivity contribution in [2.75, 3.05) is 25.0 Å². The molecule has 5 heteroatoms. The van der Waals surface area contributed by atoms with Gasteiger partial charge in [-0.15, -0.1) is 0 Å². The molecule has 0 aliphatic carbocycles. The zero-order valence-electron chi connectivity index (χ0n) is 8.45. The maximum Gasteiger partial charge on any atom is 0.227 e. The predicted octanol–water partition coefficient (Wildman–Crippen LogP) is 0.332. The molecule has 3 N–H and O–H groups in total. The summed E-state index contributed by atoms with van der Waals surface area (Å²) in [6, 6.07) is 1.82. The van der Waals surface area contributed by atoms with Gasteiger partial charge in [-0.2, -0.15) is 0 Å². The number of anilines is 1. The standard InChI is InChI=1S/C10H15N3O2/c14-10(13-8-1-2-11-6-8)5-9-7-12-3-4-15-9/h1-2,6,9,11-12H,3-5,7H2,(H,13,14). The van der Waals surface area contributed by atoms with Crippen molar-refractivity contribution in [2.45, 2.75) is 12.5 Å². The van der Waals surface area contributed by atoms with Crippen LogP contribution >= 0.6 is 0 Å². The highest BCUT2D eigenvalue weighted by atomic mass is 16.5. The van der Waals surface area contributed by atoms with Crippen LogP contribution in [0.3, 0.4) is 0 Å². The van der Waals surface area contributed by atoms with Crippen molar-refractivity contribution in [3.8, 4) is 0 Å². The Morgan fingerprint density at radius 1 is 1.67 bits per heavy atom. The summed E-state index contributed by atoms with van der Waals surface area (Å²) in [4.78, 5) is 14.4. The van der Waals surface area contributed by atoms with Gasteiger partial charge in [0.25, 0.3) is 0 Å². The first-order valence-corrected chi connectivity index (χ1v) is 5.09. The van der Waals surface area contributed by atoms with Gasteiger partial charge in [-0.1, -0.05) is 0 Å². The van der Waals surface area contributed by atoms with Crippen molar-refractivity contribution in [3.63, 3.8) is 0 Å². The van der Waals surface area contributed by atoms with Crippen LogP contribution in [-0.2, 0) is 9.53 Å². The molecule has 1 atom stereocenters. The van der Waals surface area contributed by atoms with E-state index in [9.17, 15) is 4.79 Å². The molecule has 1 unspecified atom stereocenters. The van der Waals surface area contributed by atoms with Crippen LogP contribution in [0.1, 0.15) is 6.42 Å². The van der Waals surface area contributed by atoms with Crippen LogP contribution in [0.4, 0.5) is 5.69 Å². The summed E-state index contributed by atoms with van der Waals surface area (Å²) in [6.45, 7) is 2.30. The van der Waals surface area contributed by atoms with Crippen LogP contribution in [-0.4, -0.2) is 36.7 Å². The summed E-state index contributed by atoms with van der Waals surface area (Å²) in [5, 5.41) is 5.98. The average molecular weight is 209 g/mol. The van der Waals surface area contributed by atoms with Gasteiger partial charge in [-0.25, -0.2) is 0 Å². The van der Waals surface area contributed by atoms with Crippen LogP contribution in [0.25, 0.3) is 0 Å². The molecule has 0 radical (unpaired) electrons. The van der Waals surface area contributed by atoms with Crippen molar-refractivity contribution in [1.82, 2.24) is 10.3 Å². The van der Waals surface area contributed by atoms with Crippen molar-refractivity contribution in [1.29, 1.82) is 0 Å². The van der Waals surface area contributed by atoms with Gasteiger partial charge in [0.1, 0.15) is 0 Å². The van der Waals surface area contributed by atoms with Gasteiger partial charge in [0.2, 0.25) is 5.91 Å². The van der Waals surface area contributed by atoms with Gasteiger partial charge in [0.15, 0.2) is 0 Å². The number of morpholine rings is 1. The number of carbonyl (C=O) groups is 1. The second kappa shape index (κ2) is 4.95. The van der Waals surface area contributed by atoms with E-state index in [1.54, 1.807) is 12.4 Å². The molecule has 2 rings (SSSR count). The molecular formula is C10H15N3O2. The largest absolute Gasteiger partial charge is 0.375 e. The van der Waals surface area contributed by atoms with Crippen molar-refractivity contribution < 1.29 is 9.53 Å². The average Bonchev–Trinajstić information content (AvgIpc) is 2.71. The van der Waals surface area contributed by atoms with Crippen molar-refractivity contribution >= 4 is 11.6 Å². The molecule has 1 amide bonds. The molecule has 1 fully saturated rings. The summed E-state index contributed by atoms with van der Waals surface area (Å²) in [5.41, 5.74) is 0.795. The van der Waals surface area contributed by atoms with Crippen LogP contribution < -0.4 is 10.6 Å². The predicted molar refractivity (Wildman–Crippen MR) is 56.6 cm³/mol. The third-order valence-electron chi connectivity index (χ3n) is 2.30. The van der Waals surface area contributed by atoms with E-state index in [4.69, 9.17) is 4.74 Å². The molecule has 0 saturated carbocycles. The minimum absolute atomic E-state index is 0.00214. The molecule has 0 bridgehead atoms. The lowest BCUT2D eigenvalue weighted by Crippen LogP contribution is -2.40. The summed E-state index contributed by atoms with van der Waals surface area (Å²) in [6.07, 6.45) is 3.92. The molecule has 2 heterocycles. The second-order valence-electron chi connectivity index (χ2n) is 3.55. The van der Waals surface area contributed by atoms with E-state index < -0.39 is 0 Å². The van der Waals surface area contributed by atoms with E-state index >= 15 is 0 Å². The fraction of sp³-hybridized carbons (Fsp3) is 0.500. The summed E-state index contributed by atoms with van der Waals surface area (Å²) in [5.74, 6) is -0.0108. The Hall–Kier alpha value is -1.33. The molecule has 0 spiro atoms. The normalized spacial score (nSPS) is 21.2. The molecule has 0 aromatic carbocycles. The van der Waals surface area contributed by atoms with Crippen LogP contribution in [0.2, 0.25) is 0 Å². The minimum Gasteiger partial charge on any atom is -0.375 e. The number of nitrogens with one attached hydrogen (secondary N) is 3. The molecular weight excluding hydrogens is 194 g/mol. The Morgan fingerprint density at radius 2 is 2.60 bits per heavy atom. The van der Waals surface area contributed by atoms with E-state index in [0.717, 1.165) is 18.8 Å². The smallest absolute Gasteiger partial charge is 0.227 e. The number of carbonyl (C=O) groups excluding carboxylic acids is 1. The Labute approximate surface area is 88.2 Å². The highest BCUT2D eigenvalue weighted by molar-refractivity contribution is 5.90. The number of aromatic amines is 1. The van der Waals surface area contributed by atoms with Crippen LogP contribution in [0.15, 0.2) is 18.5 Å². The third kappa shape index (κ3) is 3.07. The SMILES string of the molecule is O=C(CC1CNCCO1)Nc1cc[nH]c1. The molecule has 15 heavy (non-hydrogen) atoms. The maximum absolute atomic E-state index is 11.5. The van der Waals surface area contributed by atoms with Crippen molar-refractivity contribution in [3.05, 3.63) is 18.5 Å². The lowest BCUT2D eigenvalue weighted by atomic mass is 10.2. The maximum atomic E-state index is 11.5. The fourth-order valence-corrected chi connectivity index (χ4v) is 1.57. The lowest BCUT2D eigenvalue weighted by molar-refractivity contribution is -0.119. The van der Waals surface area contributed by atoms with Crippen LogP contribution in [0.5, 0.6) is 0 Å². The molecule has 1 aliphatic rings. The summed E-state index contributed by atoms with van der Waals surface area (Å²) in [7, 11) is 0. The molecule has 1 aromatic heterocycles. The Balaban J connectivity index is 1.76. The molecule has 1 saturated heterocycles. The number of rotatable bonds is 3. The van der Waals surface area contributed by atoms with Gasteiger partial charge in [-0.05, 0) is 6.07 Å². The zero-order valence-corrected chi connectivity index (χ0v) is 8.45. The van der Waals surface area contributed by atoms with Gasteiger partial charge in [0.05, 0.1) is 24.8 Å². The van der Waals surface area contributed by atoms with Gasteiger partial charge in [0, 0.05) is 25.5 Å². The van der Waals surface area contributed by atoms with Crippen LogP contribution in [0, 0.1) is 0 Å². The first kappa shape index (κ1) is 10.2. The quantitative estimate of drug-likeness (QED) is 0.672. The van der Waals surface area contributed by atoms with E-state index in [1.165, 1.54) is 0 Å². The number of amides is 1. The van der Waals surface area contributed by atoms with E-state index in [1.807, 2.05) is 6.07 Å². The summed E-state index contributed by atoms with van der Waals surface area (Å²) >= 11 is 0. The molecule has 82 valence electrons. The number of hydrogen-bond donors (Lipinski definition) is 3. The monoisotopic (exact) mass is 209 g/mol. The van der Waals surface area contributed by atoms with Gasteiger partial charge < -0.3 is 20.4 Å². The minimum atomic E-state index is -0.0108. The first-order chi connectivity index (χ1) is 7.34. The number of H-pyrrole nitrogens is 1. The number of aromatic nitrogens is 1. The van der Waals surface area contributed by atoms with E-state index in [-0.39, 0.29) is 12.0 Å². The van der Waals surface area contributed by atoms with Gasteiger partial charge >= 0.3 is 0 Å².